The number of carboxylic acids is 1. The van der Waals surface area contributed by atoms with Crippen LogP contribution in [0.15, 0.2) is 30.3 Å². The third kappa shape index (κ3) is 8.77. The van der Waals surface area contributed by atoms with Crippen molar-refractivity contribution >= 4 is 35.9 Å². The number of hydrogen-bond acceptors (Lipinski definition) is 7. The number of para-hydroxylation sites is 1. The molecule has 1 aromatic rings. The van der Waals surface area contributed by atoms with Crippen LogP contribution >= 0.6 is 18.1 Å². The SMILES string of the molecule is CC(=O)N[C@@H](CSP(=O)(N[C@@H](C)C(=O)OC(C)C)Oc1ccccc1)C(=O)O. The summed E-state index contributed by atoms with van der Waals surface area (Å²) in [6.07, 6.45) is -0.352. The summed E-state index contributed by atoms with van der Waals surface area (Å²) >= 11 is 0.681. The minimum absolute atomic E-state index is 0.238. The van der Waals surface area contributed by atoms with Gasteiger partial charge in [0, 0.05) is 12.7 Å². The van der Waals surface area contributed by atoms with Crippen molar-refractivity contribution in [3.8, 4) is 5.75 Å². The van der Waals surface area contributed by atoms with Gasteiger partial charge in [0.05, 0.1) is 6.10 Å². The fourth-order valence-electron chi connectivity index (χ4n) is 1.93. The number of benzene rings is 1. The van der Waals surface area contributed by atoms with Crippen molar-refractivity contribution < 1.29 is 33.3 Å². The predicted octanol–water partition coefficient (Wildman–Crippen LogP) is 2.43. The van der Waals surface area contributed by atoms with Crippen LogP contribution in [0, 0.1) is 0 Å². The number of amides is 1. The van der Waals surface area contributed by atoms with Crippen LogP contribution in [-0.4, -0.2) is 46.9 Å². The number of carbonyl (C=O) groups is 3. The fourth-order valence-corrected chi connectivity index (χ4v) is 5.81. The molecule has 0 fully saturated rings. The van der Waals surface area contributed by atoms with Gasteiger partial charge in [-0.1, -0.05) is 18.2 Å². The molecule has 0 heterocycles. The summed E-state index contributed by atoms with van der Waals surface area (Å²) in [7, 11) is 0. The molecule has 3 atom stereocenters. The molecule has 0 radical (unpaired) electrons. The fraction of sp³-hybridized carbons (Fsp3) is 0.471. The minimum Gasteiger partial charge on any atom is -0.480 e. The Balaban J connectivity index is 2.96. The van der Waals surface area contributed by atoms with E-state index in [1.54, 1.807) is 44.2 Å². The van der Waals surface area contributed by atoms with Gasteiger partial charge in [0.25, 0.3) is 0 Å². The Morgan fingerprint density at radius 1 is 1.18 bits per heavy atom. The van der Waals surface area contributed by atoms with Crippen molar-refractivity contribution in [1.82, 2.24) is 10.4 Å². The van der Waals surface area contributed by atoms with Crippen LogP contribution in [0.3, 0.4) is 0 Å². The largest absolute Gasteiger partial charge is 0.480 e. The van der Waals surface area contributed by atoms with E-state index >= 15 is 0 Å². The van der Waals surface area contributed by atoms with Crippen molar-refractivity contribution in [1.29, 1.82) is 0 Å². The second-order valence-electron chi connectivity index (χ2n) is 6.13. The van der Waals surface area contributed by atoms with E-state index < -0.39 is 36.7 Å². The number of carbonyl (C=O) groups excluding carboxylic acids is 2. The van der Waals surface area contributed by atoms with Gasteiger partial charge in [0.2, 0.25) is 5.91 Å². The molecule has 3 N–H and O–H groups in total. The van der Waals surface area contributed by atoms with Gasteiger partial charge in [-0.05, 0) is 44.3 Å². The first kappa shape index (κ1) is 24.0. The first-order chi connectivity index (χ1) is 13.0. The monoisotopic (exact) mass is 432 g/mol. The molecule has 0 saturated carbocycles. The molecular formula is C17H25N2O7PS. The molecule has 1 aromatic carbocycles. The van der Waals surface area contributed by atoms with E-state index in [4.69, 9.17) is 9.26 Å². The lowest BCUT2D eigenvalue weighted by Crippen LogP contribution is -2.42. The summed E-state index contributed by atoms with van der Waals surface area (Å²) in [5, 5.41) is 14.1. The van der Waals surface area contributed by atoms with E-state index in [9.17, 15) is 24.1 Å². The molecule has 0 saturated heterocycles. The standard InChI is InChI=1S/C17H25N2O7PS/c1-11(2)25-17(23)12(3)19-27(24,26-14-8-6-5-7-9-14)28-10-15(16(21)22)18-13(4)20/h5-9,11-12,15H,10H2,1-4H3,(H,18,20)(H,19,24)(H,21,22)/t12-,15-,27?/m0/s1. The van der Waals surface area contributed by atoms with Crippen molar-refractivity contribution in [2.75, 3.05) is 5.75 Å². The molecule has 11 heteroatoms. The summed E-state index contributed by atoms with van der Waals surface area (Å²) < 4.78 is 24.0. The molecule has 0 bridgehead atoms. The molecule has 0 aliphatic heterocycles. The third-order valence-electron chi connectivity index (χ3n) is 3.11. The number of rotatable bonds is 11. The van der Waals surface area contributed by atoms with Crippen LogP contribution in [0.25, 0.3) is 0 Å². The van der Waals surface area contributed by atoms with E-state index in [1.807, 2.05) is 0 Å². The Hall–Kier alpha value is -2.03. The molecule has 1 amide bonds. The molecule has 9 nitrogen and oxygen atoms in total. The van der Waals surface area contributed by atoms with Crippen molar-refractivity contribution in [3.63, 3.8) is 0 Å². The van der Waals surface area contributed by atoms with E-state index in [1.165, 1.54) is 13.8 Å². The number of nitrogens with one attached hydrogen (secondary N) is 2. The van der Waals surface area contributed by atoms with Crippen LogP contribution in [0.2, 0.25) is 0 Å². The molecule has 1 unspecified atom stereocenters. The molecule has 0 aromatic heterocycles. The predicted molar refractivity (Wildman–Crippen MR) is 106 cm³/mol. The van der Waals surface area contributed by atoms with Gasteiger partial charge in [0.1, 0.15) is 17.8 Å². The lowest BCUT2D eigenvalue weighted by Gasteiger charge is -2.24. The summed E-state index contributed by atoms with van der Waals surface area (Å²) in [5.41, 5.74) is 0. The number of hydrogen-bond donors (Lipinski definition) is 3. The Morgan fingerprint density at radius 2 is 1.79 bits per heavy atom. The molecule has 28 heavy (non-hydrogen) atoms. The number of esters is 1. The van der Waals surface area contributed by atoms with Gasteiger partial charge in [0.15, 0.2) is 0 Å². The smallest absolute Gasteiger partial charge is 0.375 e. The first-order valence-corrected chi connectivity index (χ1v) is 11.7. The Morgan fingerprint density at radius 3 is 2.29 bits per heavy atom. The summed E-state index contributed by atoms with van der Waals surface area (Å²) in [4.78, 5) is 34.5. The highest BCUT2D eigenvalue weighted by Crippen LogP contribution is 2.56. The summed E-state index contributed by atoms with van der Waals surface area (Å²) in [5.74, 6) is -2.39. The quantitative estimate of drug-likeness (QED) is 0.356. The van der Waals surface area contributed by atoms with Crippen LogP contribution in [-0.2, 0) is 23.7 Å². The highest BCUT2D eigenvalue weighted by Gasteiger charge is 2.34. The Bertz CT molecular complexity index is 729. The normalized spacial score (nSPS) is 15.2. The first-order valence-electron chi connectivity index (χ1n) is 8.50. The highest BCUT2D eigenvalue weighted by atomic mass is 32.7. The number of ether oxygens (including phenoxy) is 1. The van der Waals surface area contributed by atoms with Crippen LogP contribution in [0.1, 0.15) is 27.7 Å². The van der Waals surface area contributed by atoms with Crippen molar-refractivity contribution in [2.45, 2.75) is 45.9 Å². The van der Waals surface area contributed by atoms with Gasteiger partial charge in [-0.25, -0.2) is 14.4 Å². The topological polar surface area (TPSA) is 131 Å². The van der Waals surface area contributed by atoms with Gasteiger partial charge in [-0.3, -0.25) is 9.59 Å². The van der Waals surface area contributed by atoms with Crippen LogP contribution in [0.4, 0.5) is 0 Å². The Labute approximate surface area is 167 Å². The minimum atomic E-state index is -3.78. The molecule has 0 aliphatic carbocycles. The second kappa shape index (κ2) is 11.1. The molecule has 1 rings (SSSR count). The van der Waals surface area contributed by atoms with Crippen molar-refractivity contribution in [2.24, 2.45) is 0 Å². The Kier molecular flexibility index (Phi) is 9.51. The zero-order chi connectivity index (χ0) is 21.3. The van der Waals surface area contributed by atoms with Gasteiger partial charge in [-0.15, -0.1) is 0 Å². The summed E-state index contributed by atoms with van der Waals surface area (Å²) in [6.45, 7) is 2.24. The van der Waals surface area contributed by atoms with E-state index in [2.05, 4.69) is 10.4 Å². The maximum Gasteiger partial charge on any atom is 0.375 e. The lowest BCUT2D eigenvalue weighted by molar-refractivity contribution is -0.149. The average Bonchev–Trinajstić information content (AvgIpc) is 2.58. The average molecular weight is 432 g/mol. The third-order valence-corrected chi connectivity index (χ3v) is 7.10. The van der Waals surface area contributed by atoms with Gasteiger partial charge >= 0.3 is 18.7 Å². The zero-order valence-electron chi connectivity index (χ0n) is 16.1. The second-order valence-corrected chi connectivity index (χ2v) is 10.4. The maximum atomic E-state index is 13.3. The summed E-state index contributed by atoms with van der Waals surface area (Å²) in [6, 6.07) is 6.03. The van der Waals surface area contributed by atoms with E-state index in [-0.39, 0.29) is 17.6 Å². The number of carboxylic acid groups (broad SMARTS) is 1. The maximum absolute atomic E-state index is 13.3. The van der Waals surface area contributed by atoms with Crippen LogP contribution < -0.4 is 14.9 Å². The molecular weight excluding hydrogens is 407 g/mol. The van der Waals surface area contributed by atoms with Crippen molar-refractivity contribution in [3.05, 3.63) is 30.3 Å². The highest BCUT2D eigenvalue weighted by molar-refractivity contribution is 8.56. The number of aliphatic carboxylic acids is 1. The molecule has 0 aliphatic rings. The lowest BCUT2D eigenvalue weighted by atomic mass is 10.3. The molecule has 0 spiro atoms. The van der Waals surface area contributed by atoms with E-state index in [0.29, 0.717) is 11.4 Å². The van der Waals surface area contributed by atoms with Gasteiger partial charge in [-0.2, -0.15) is 0 Å². The van der Waals surface area contributed by atoms with Crippen LogP contribution in [0.5, 0.6) is 5.75 Å². The van der Waals surface area contributed by atoms with Gasteiger partial charge < -0.3 is 19.7 Å². The van der Waals surface area contributed by atoms with E-state index in [0.717, 1.165) is 0 Å². The zero-order valence-corrected chi connectivity index (χ0v) is 17.8. The molecule has 156 valence electrons.